The second kappa shape index (κ2) is 7.75. The molecule has 0 unspecified atom stereocenters. The predicted octanol–water partition coefficient (Wildman–Crippen LogP) is 7.52. The van der Waals surface area contributed by atoms with Crippen molar-refractivity contribution in [3.05, 3.63) is 61.8 Å². The minimum Gasteiger partial charge on any atom is -0.169 e. The highest BCUT2D eigenvalue weighted by molar-refractivity contribution is 14.1. The number of halogens is 10. The third-order valence-corrected chi connectivity index (χ3v) is 9.29. The number of hydrogen-bond donors (Lipinski definition) is 0. The largest absolute Gasteiger partial charge is 0.411 e. The molecule has 0 N–H and O–H groups in total. The molecule has 2 aromatic rings. The van der Waals surface area contributed by atoms with Crippen molar-refractivity contribution in [2.24, 2.45) is 0 Å². The molecule has 0 saturated heterocycles. The van der Waals surface area contributed by atoms with Crippen molar-refractivity contribution in [1.82, 2.24) is 0 Å². The van der Waals surface area contributed by atoms with Crippen LogP contribution in [0.25, 0.3) is 0 Å². The van der Waals surface area contributed by atoms with Crippen molar-refractivity contribution < 1.29 is 26.3 Å². The molecule has 2 rings (SSSR count). The van der Waals surface area contributed by atoms with Gasteiger partial charge in [0.2, 0.25) is 5.41 Å². The summed E-state index contributed by atoms with van der Waals surface area (Å²) in [5, 5.41) is 0. The maximum absolute atomic E-state index is 14.0. The van der Waals surface area contributed by atoms with Gasteiger partial charge in [-0.15, -0.1) is 0 Å². The zero-order valence-electron chi connectivity index (χ0n) is 11.7. The summed E-state index contributed by atoms with van der Waals surface area (Å²) in [7, 11) is 0. The van der Waals surface area contributed by atoms with E-state index in [1.165, 1.54) is 12.1 Å². The highest BCUT2D eigenvalue weighted by atomic mass is 127. The Morgan fingerprint density at radius 2 is 0.840 bits per heavy atom. The zero-order chi connectivity index (χ0) is 19.2. The number of rotatable bonds is 2. The molecule has 0 spiro atoms. The molecule has 0 aliphatic heterocycles. The molecule has 136 valence electrons. The van der Waals surface area contributed by atoms with Gasteiger partial charge >= 0.3 is 12.4 Å². The maximum Gasteiger partial charge on any atom is 0.411 e. The van der Waals surface area contributed by atoms with Crippen molar-refractivity contribution in [2.45, 2.75) is 17.8 Å². The van der Waals surface area contributed by atoms with Gasteiger partial charge in [0.25, 0.3) is 0 Å². The molecule has 0 radical (unpaired) electrons. The molecule has 2 aromatic carbocycles. The van der Waals surface area contributed by atoms with Gasteiger partial charge in [0.15, 0.2) is 0 Å². The maximum atomic E-state index is 14.0. The van der Waals surface area contributed by atoms with Gasteiger partial charge in [-0.3, -0.25) is 0 Å². The quantitative estimate of drug-likeness (QED) is 0.218. The lowest BCUT2D eigenvalue weighted by Crippen LogP contribution is -2.54. The molecule has 0 amide bonds. The van der Waals surface area contributed by atoms with Gasteiger partial charge in [-0.1, -0.05) is 12.1 Å². The zero-order valence-corrected chi connectivity index (χ0v) is 20.4. The number of hydrogen-bond acceptors (Lipinski definition) is 0. The lowest BCUT2D eigenvalue weighted by molar-refractivity contribution is -0.288. The highest BCUT2D eigenvalue weighted by Crippen LogP contribution is 2.56. The first kappa shape index (κ1) is 22.2. The molecule has 0 aromatic heterocycles. The molecule has 0 saturated carbocycles. The van der Waals surface area contributed by atoms with Crippen LogP contribution in [-0.2, 0) is 5.41 Å². The molecule has 0 aliphatic carbocycles. The Labute approximate surface area is 194 Å². The summed E-state index contributed by atoms with van der Waals surface area (Å²) in [5.41, 5.74) is -5.77. The van der Waals surface area contributed by atoms with E-state index in [1.54, 1.807) is 45.2 Å². The first-order valence-corrected chi connectivity index (χ1v) is 10.7. The van der Waals surface area contributed by atoms with Gasteiger partial charge in [-0.25, -0.2) is 0 Å². The van der Waals surface area contributed by atoms with Crippen LogP contribution in [0.2, 0.25) is 0 Å². The summed E-state index contributed by atoms with van der Waals surface area (Å²) in [6.45, 7) is 0. The van der Waals surface area contributed by atoms with Gasteiger partial charge in [-0.05, 0) is 126 Å². The van der Waals surface area contributed by atoms with Crippen LogP contribution in [-0.4, -0.2) is 12.4 Å². The van der Waals surface area contributed by atoms with Crippen LogP contribution in [0.15, 0.2) is 36.4 Å². The first-order valence-electron chi connectivity index (χ1n) is 6.37. The van der Waals surface area contributed by atoms with Crippen LogP contribution >= 0.6 is 90.4 Å². The van der Waals surface area contributed by atoms with Crippen molar-refractivity contribution in [2.75, 3.05) is 0 Å². The topological polar surface area (TPSA) is 0 Å². The highest BCUT2D eigenvalue weighted by Gasteiger charge is 2.72. The van der Waals surface area contributed by atoms with E-state index in [2.05, 4.69) is 0 Å². The Kier molecular flexibility index (Phi) is 6.89. The van der Waals surface area contributed by atoms with Crippen LogP contribution in [0.3, 0.4) is 0 Å². The Morgan fingerprint density at radius 3 is 1.08 bits per heavy atom. The number of benzene rings is 2. The lowest BCUT2D eigenvalue weighted by Gasteiger charge is -2.38. The normalized spacial score (nSPS) is 13.2. The van der Waals surface area contributed by atoms with Crippen molar-refractivity contribution >= 4 is 90.4 Å². The molecular weight excluding hydrogens is 802 g/mol. The van der Waals surface area contributed by atoms with E-state index in [0.717, 1.165) is 24.3 Å². The van der Waals surface area contributed by atoms with Crippen molar-refractivity contribution in [3.63, 3.8) is 0 Å². The fraction of sp³-hybridized carbons (Fsp3) is 0.200. The Bertz CT molecular complexity index is 730. The average Bonchev–Trinajstić information content (AvgIpc) is 2.44. The van der Waals surface area contributed by atoms with E-state index in [4.69, 9.17) is 0 Å². The van der Waals surface area contributed by atoms with E-state index < -0.39 is 28.9 Å². The van der Waals surface area contributed by atoms with Gasteiger partial charge in [0.05, 0.1) is 0 Å². The lowest BCUT2D eigenvalue weighted by atomic mass is 9.73. The molecule has 0 aliphatic rings. The molecule has 0 atom stereocenters. The van der Waals surface area contributed by atoms with E-state index in [0.29, 0.717) is 14.3 Å². The van der Waals surface area contributed by atoms with Crippen LogP contribution in [0.4, 0.5) is 26.3 Å². The van der Waals surface area contributed by atoms with E-state index in [-0.39, 0.29) is 0 Å². The van der Waals surface area contributed by atoms with Gasteiger partial charge < -0.3 is 0 Å². The standard InChI is InChI=1S/C15H6F6I4/c16-14(17,18)13(15(19,20)21,7-1-3-9(22)11(24)5-7)8-2-4-10(23)12(25)6-8/h1-6H. The third-order valence-electron chi connectivity index (χ3n) is 3.56. The fourth-order valence-corrected chi connectivity index (χ4v) is 4.14. The second-order valence-electron chi connectivity index (χ2n) is 5.00. The van der Waals surface area contributed by atoms with Crippen LogP contribution in [0.5, 0.6) is 0 Å². The summed E-state index contributed by atoms with van der Waals surface area (Å²) < 4.78 is 85.7. The van der Waals surface area contributed by atoms with E-state index in [9.17, 15) is 26.3 Å². The summed E-state index contributed by atoms with van der Waals surface area (Å²) in [5.74, 6) is 0. The molecule has 25 heavy (non-hydrogen) atoms. The first-order chi connectivity index (χ1) is 11.3. The molecule has 0 fully saturated rings. The molecule has 0 nitrogen and oxygen atoms in total. The minimum atomic E-state index is -5.56. The Hall–Kier alpha value is 0.940. The third kappa shape index (κ3) is 4.05. The average molecular weight is 808 g/mol. The molecular formula is C15H6F6I4. The summed E-state index contributed by atoms with van der Waals surface area (Å²) >= 11 is 7.19. The molecule has 10 heteroatoms. The van der Waals surface area contributed by atoms with E-state index >= 15 is 0 Å². The van der Waals surface area contributed by atoms with Crippen LogP contribution in [0.1, 0.15) is 11.1 Å². The summed E-state index contributed by atoms with van der Waals surface area (Å²) in [6, 6.07) is 6.23. The fourth-order valence-electron chi connectivity index (χ4n) is 2.44. The molecule has 0 heterocycles. The van der Waals surface area contributed by atoms with Gasteiger partial charge in [0.1, 0.15) is 0 Å². The summed E-state index contributed by atoms with van der Waals surface area (Å²) in [4.78, 5) is 0. The minimum absolute atomic E-state index is 0.328. The van der Waals surface area contributed by atoms with Crippen molar-refractivity contribution in [3.8, 4) is 0 Å². The summed E-state index contributed by atoms with van der Waals surface area (Å²) in [6.07, 6.45) is -11.1. The SMILES string of the molecule is FC(F)(F)C(c1ccc(I)c(I)c1)(c1ccc(I)c(I)c1)C(F)(F)F. The molecule has 0 bridgehead atoms. The van der Waals surface area contributed by atoms with Crippen LogP contribution < -0.4 is 0 Å². The predicted molar refractivity (Wildman–Crippen MR) is 117 cm³/mol. The van der Waals surface area contributed by atoms with Crippen LogP contribution in [0, 0.1) is 14.3 Å². The van der Waals surface area contributed by atoms with E-state index in [1.807, 2.05) is 45.2 Å². The van der Waals surface area contributed by atoms with Crippen molar-refractivity contribution in [1.29, 1.82) is 0 Å². The monoisotopic (exact) mass is 808 g/mol. The second-order valence-corrected chi connectivity index (χ2v) is 9.65. The smallest absolute Gasteiger partial charge is 0.169 e. The Morgan fingerprint density at radius 1 is 0.520 bits per heavy atom. The number of alkyl halides is 6. The van der Waals surface area contributed by atoms with Gasteiger partial charge in [0, 0.05) is 14.3 Å². The Balaban J connectivity index is 2.96. The van der Waals surface area contributed by atoms with Gasteiger partial charge in [-0.2, -0.15) is 26.3 Å².